The van der Waals surface area contributed by atoms with E-state index in [4.69, 9.17) is 4.98 Å². The number of allylic oxidation sites excluding steroid dienone is 2. The van der Waals surface area contributed by atoms with E-state index >= 15 is 0 Å². The van der Waals surface area contributed by atoms with Crippen molar-refractivity contribution in [1.82, 2.24) is 15.3 Å². The predicted octanol–water partition coefficient (Wildman–Crippen LogP) is 4.62. The lowest BCUT2D eigenvalue weighted by Crippen LogP contribution is -2.05. The molecule has 3 heteroatoms. The van der Waals surface area contributed by atoms with Crippen LogP contribution in [0.3, 0.4) is 0 Å². The average Bonchev–Trinajstić information content (AvgIpc) is 3.05. The van der Waals surface area contributed by atoms with Gasteiger partial charge in [0, 0.05) is 17.8 Å². The number of benzene rings is 3. The van der Waals surface area contributed by atoms with Crippen LogP contribution in [0.5, 0.6) is 0 Å². The smallest absolute Gasteiger partial charge is 0.154 e. The third-order valence-electron chi connectivity index (χ3n) is 4.18. The average molecular weight is 299 g/mol. The lowest BCUT2D eigenvalue weighted by atomic mass is 10.0. The first-order valence-electron chi connectivity index (χ1n) is 7.63. The molecule has 1 heterocycles. The number of aromatic amines is 1. The van der Waals surface area contributed by atoms with Crippen molar-refractivity contribution in [3.63, 3.8) is 0 Å². The molecule has 23 heavy (non-hydrogen) atoms. The number of hydrogen-bond acceptors (Lipinski definition) is 2. The summed E-state index contributed by atoms with van der Waals surface area (Å²) in [6.45, 7) is 3.77. The molecule has 4 rings (SSSR count). The molecule has 0 bridgehead atoms. The van der Waals surface area contributed by atoms with Crippen LogP contribution in [0.2, 0.25) is 0 Å². The van der Waals surface area contributed by atoms with Crippen molar-refractivity contribution in [3.05, 3.63) is 73.1 Å². The highest BCUT2D eigenvalue weighted by Gasteiger charge is 2.13. The second kappa shape index (κ2) is 5.29. The van der Waals surface area contributed by atoms with Crippen molar-refractivity contribution in [2.45, 2.75) is 0 Å². The van der Waals surface area contributed by atoms with Gasteiger partial charge in [-0.2, -0.15) is 0 Å². The first kappa shape index (κ1) is 13.6. The number of aromatic nitrogens is 2. The standard InChI is InChI=1S/C20H17N3/c1-3-8-17(21-2)20-22-18-15-11-6-4-9-13(15)14-10-5-7-12-16(14)19(18)23-20/h3-12,21H,1H2,2H3,(H,22,23)/b17-8-. The second-order valence-corrected chi connectivity index (χ2v) is 5.47. The third kappa shape index (κ3) is 2.01. The van der Waals surface area contributed by atoms with E-state index in [0.29, 0.717) is 0 Å². The van der Waals surface area contributed by atoms with Crippen molar-refractivity contribution in [2.24, 2.45) is 0 Å². The Hall–Kier alpha value is -3.07. The van der Waals surface area contributed by atoms with Crippen LogP contribution in [0.4, 0.5) is 0 Å². The van der Waals surface area contributed by atoms with Gasteiger partial charge in [-0.05, 0) is 16.8 Å². The molecule has 3 aromatic carbocycles. The normalized spacial score (nSPS) is 12.1. The maximum atomic E-state index is 4.85. The van der Waals surface area contributed by atoms with Gasteiger partial charge in [0.1, 0.15) is 0 Å². The molecule has 3 nitrogen and oxygen atoms in total. The fraction of sp³-hybridized carbons (Fsp3) is 0.0500. The van der Waals surface area contributed by atoms with Crippen LogP contribution in [0.25, 0.3) is 38.3 Å². The molecular formula is C20H17N3. The molecule has 0 saturated carbocycles. The Labute approximate surface area is 134 Å². The molecule has 0 spiro atoms. The zero-order chi connectivity index (χ0) is 15.8. The molecule has 0 fully saturated rings. The van der Waals surface area contributed by atoms with Crippen molar-refractivity contribution < 1.29 is 0 Å². The lowest BCUT2D eigenvalue weighted by Gasteiger charge is -2.05. The van der Waals surface area contributed by atoms with E-state index in [1.165, 1.54) is 16.2 Å². The molecular weight excluding hydrogens is 282 g/mol. The summed E-state index contributed by atoms with van der Waals surface area (Å²) < 4.78 is 0. The Morgan fingerprint density at radius 1 is 1.00 bits per heavy atom. The monoisotopic (exact) mass is 299 g/mol. The maximum absolute atomic E-state index is 4.85. The summed E-state index contributed by atoms with van der Waals surface area (Å²) in [6, 6.07) is 16.9. The van der Waals surface area contributed by atoms with E-state index < -0.39 is 0 Å². The largest absolute Gasteiger partial charge is 0.385 e. The molecule has 1 aromatic heterocycles. The van der Waals surface area contributed by atoms with Gasteiger partial charge in [-0.25, -0.2) is 4.98 Å². The number of rotatable bonds is 3. The molecule has 0 aliphatic heterocycles. The third-order valence-corrected chi connectivity index (χ3v) is 4.18. The van der Waals surface area contributed by atoms with Crippen molar-refractivity contribution in [2.75, 3.05) is 7.05 Å². The minimum Gasteiger partial charge on any atom is -0.385 e. The van der Waals surface area contributed by atoms with Crippen LogP contribution in [0, 0.1) is 0 Å². The molecule has 0 unspecified atom stereocenters. The number of nitrogens with zero attached hydrogens (tertiary/aromatic N) is 1. The highest BCUT2D eigenvalue weighted by molar-refractivity contribution is 6.23. The quantitative estimate of drug-likeness (QED) is 0.428. The van der Waals surface area contributed by atoms with E-state index in [2.05, 4.69) is 65.4 Å². The van der Waals surface area contributed by atoms with Crippen LogP contribution in [-0.2, 0) is 0 Å². The molecule has 112 valence electrons. The van der Waals surface area contributed by atoms with Crippen LogP contribution in [0.15, 0.2) is 67.3 Å². The van der Waals surface area contributed by atoms with Gasteiger partial charge in [0.15, 0.2) is 5.82 Å². The summed E-state index contributed by atoms with van der Waals surface area (Å²) in [5.74, 6) is 0.823. The van der Waals surface area contributed by atoms with Gasteiger partial charge in [0.2, 0.25) is 0 Å². The number of imidazole rings is 1. The number of fused-ring (bicyclic) bond motifs is 6. The summed E-state index contributed by atoms with van der Waals surface area (Å²) in [5, 5.41) is 8.00. The number of nitrogens with one attached hydrogen (secondary N) is 2. The zero-order valence-electron chi connectivity index (χ0n) is 12.9. The Balaban J connectivity index is 2.19. The topological polar surface area (TPSA) is 40.7 Å². The van der Waals surface area contributed by atoms with Crippen LogP contribution < -0.4 is 5.32 Å². The minimum atomic E-state index is 0.823. The van der Waals surface area contributed by atoms with Gasteiger partial charge in [0.25, 0.3) is 0 Å². The summed E-state index contributed by atoms with van der Waals surface area (Å²) in [4.78, 5) is 8.32. The molecule has 0 radical (unpaired) electrons. The molecule has 4 aromatic rings. The van der Waals surface area contributed by atoms with Gasteiger partial charge in [-0.1, -0.05) is 61.2 Å². The van der Waals surface area contributed by atoms with Crippen LogP contribution >= 0.6 is 0 Å². The lowest BCUT2D eigenvalue weighted by molar-refractivity contribution is 1.08. The van der Waals surface area contributed by atoms with E-state index in [1.54, 1.807) is 6.08 Å². The van der Waals surface area contributed by atoms with Gasteiger partial charge in [-0.15, -0.1) is 0 Å². The van der Waals surface area contributed by atoms with E-state index in [0.717, 1.165) is 27.9 Å². The number of hydrogen-bond donors (Lipinski definition) is 2. The van der Waals surface area contributed by atoms with E-state index in [1.807, 2.05) is 13.1 Å². The fourth-order valence-corrected chi connectivity index (χ4v) is 3.15. The Morgan fingerprint density at radius 2 is 1.61 bits per heavy atom. The van der Waals surface area contributed by atoms with Gasteiger partial charge in [0.05, 0.1) is 16.7 Å². The molecule has 2 N–H and O–H groups in total. The first-order valence-corrected chi connectivity index (χ1v) is 7.63. The Bertz CT molecular complexity index is 998. The summed E-state index contributed by atoms with van der Waals surface area (Å²) in [6.07, 6.45) is 3.68. The first-order chi connectivity index (χ1) is 11.3. The van der Waals surface area contributed by atoms with E-state index in [9.17, 15) is 0 Å². The number of H-pyrrole nitrogens is 1. The van der Waals surface area contributed by atoms with Crippen molar-refractivity contribution in [1.29, 1.82) is 0 Å². The zero-order valence-corrected chi connectivity index (χ0v) is 12.9. The van der Waals surface area contributed by atoms with Crippen LogP contribution in [-0.4, -0.2) is 17.0 Å². The second-order valence-electron chi connectivity index (χ2n) is 5.47. The molecule has 0 atom stereocenters. The molecule has 0 amide bonds. The minimum absolute atomic E-state index is 0.823. The maximum Gasteiger partial charge on any atom is 0.154 e. The predicted molar refractivity (Wildman–Crippen MR) is 98.3 cm³/mol. The van der Waals surface area contributed by atoms with Gasteiger partial charge in [-0.3, -0.25) is 0 Å². The summed E-state index contributed by atoms with van der Waals surface area (Å²) >= 11 is 0. The highest BCUT2D eigenvalue weighted by atomic mass is 15.0. The van der Waals surface area contributed by atoms with Crippen molar-refractivity contribution >= 4 is 38.3 Å². The van der Waals surface area contributed by atoms with Gasteiger partial charge >= 0.3 is 0 Å². The van der Waals surface area contributed by atoms with E-state index in [-0.39, 0.29) is 0 Å². The Kier molecular flexibility index (Phi) is 3.12. The highest BCUT2D eigenvalue weighted by Crippen LogP contribution is 2.34. The SMILES string of the molecule is C=C/C=C(\NC)c1nc2c3ccccc3c3ccccc3c2[nH]1. The molecule has 0 saturated heterocycles. The Morgan fingerprint density at radius 3 is 2.26 bits per heavy atom. The molecule has 0 aliphatic rings. The van der Waals surface area contributed by atoms with Crippen molar-refractivity contribution in [3.8, 4) is 0 Å². The van der Waals surface area contributed by atoms with Gasteiger partial charge < -0.3 is 10.3 Å². The molecule has 0 aliphatic carbocycles. The summed E-state index contributed by atoms with van der Waals surface area (Å²) in [7, 11) is 1.89. The summed E-state index contributed by atoms with van der Waals surface area (Å²) in [5.41, 5.74) is 2.99. The van der Waals surface area contributed by atoms with Crippen LogP contribution in [0.1, 0.15) is 5.82 Å². The fourth-order valence-electron chi connectivity index (χ4n) is 3.15.